The Bertz CT molecular complexity index is 200. The lowest BCUT2D eigenvalue weighted by atomic mass is 10.0. The van der Waals surface area contributed by atoms with Gasteiger partial charge in [0, 0.05) is 13.0 Å². The van der Waals surface area contributed by atoms with Gasteiger partial charge in [-0.15, -0.1) is 0 Å². The lowest BCUT2D eigenvalue weighted by Gasteiger charge is -2.09. The van der Waals surface area contributed by atoms with Crippen molar-refractivity contribution in [3.05, 3.63) is 0 Å². The fraction of sp³-hybridized carbons (Fsp3) is 0.929. The molecule has 0 saturated heterocycles. The molecule has 1 amide bonds. The number of hydrogen-bond acceptors (Lipinski definition) is 2. The molecule has 0 radical (unpaired) electrons. The van der Waals surface area contributed by atoms with E-state index in [2.05, 4.69) is 5.32 Å². The molecule has 0 heterocycles. The van der Waals surface area contributed by atoms with Crippen molar-refractivity contribution < 1.29 is 4.79 Å². The van der Waals surface area contributed by atoms with Gasteiger partial charge in [0.25, 0.3) is 0 Å². The van der Waals surface area contributed by atoms with Crippen molar-refractivity contribution >= 4 is 5.91 Å². The lowest BCUT2D eigenvalue weighted by Crippen LogP contribution is -2.24. The molecule has 1 aliphatic rings. The summed E-state index contributed by atoms with van der Waals surface area (Å²) in [7, 11) is 0. The van der Waals surface area contributed by atoms with Crippen molar-refractivity contribution in [1.82, 2.24) is 5.32 Å². The van der Waals surface area contributed by atoms with E-state index >= 15 is 0 Å². The minimum absolute atomic E-state index is 0.216. The Morgan fingerprint density at radius 1 is 1.12 bits per heavy atom. The third kappa shape index (κ3) is 7.37. The van der Waals surface area contributed by atoms with Crippen LogP contribution in [0.5, 0.6) is 0 Å². The second-order valence-electron chi connectivity index (χ2n) is 5.24. The minimum atomic E-state index is 0.216. The van der Waals surface area contributed by atoms with Gasteiger partial charge in [0.05, 0.1) is 0 Å². The molecule has 1 saturated carbocycles. The normalized spacial score (nSPS) is 16.3. The smallest absolute Gasteiger partial charge is 0.219 e. The van der Waals surface area contributed by atoms with Crippen LogP contribution in [-0.4, -0.2) is 19.0 Å². The summed E-state index contributed by atoms with van der Waals surface area (Å²) in [4.78, 5) is 11.5. The topological polar surface area (TPSA) is 55.1 Å². The molecule has 3 N–H and O–H groups in total. The van der Waals surface area contributed by atoms with Gasteiger partial charge in [-0.2, -0.15) is 0 Å². The molecular weight excluding hydrogens is 212 g/mol. The molecule has 17 heavy (non-hydrogen) atoms. The molecule has 0 atom stereocenters. The number of nitrogens with two attached hydrogens (primary N) is 1. The van der Waals surface area contributed by atoms with Gasteiger partial charge < -0.3 is 11.1 Å². The fourth-order valence-corrected chi connectivity index (χ4v) is 2.61. The molecule has 0 aromatic rings. The maximum absolute atomic E-state index is 11.5. The second kappa shape index (κ2) is 9.46. The molecular formula is C14H28N2O. The van der Waals surface area contributed by atoms with Crippen molar-refractivity contribution in [1.29, 1.82) is 0 Å². The monoisotopic (exact) mass is 240 g/mol. The molecule has 1 rings (SSSR count). The van der Waals surface area contributed by atoms with Crippen LogP contribution in [0.1, 0.15) is 64.2 Å². The summed E-state index contributed by atoms with van der Waals surface area (Å²) in [6.45, 7) is 1.61. The van der Waals surface area contributed by atoms with Crippen LogP contribution < -0.4 is 11.1 Å². The zero-order valence-corrected chi connectivity index (χ0v) is 11.0. The SMILES string of the molecule is NCCCCCC(=O)NCCCC1CCCC1. The number of rotatable bonds is 9. The number of hydrogen-bond donors (Lipinski definition) is 2. The average molecular weight is 240 g/mol. The molecule has 0 unspecified atom stereocenters. The highest BCUT2D eigenvalue weighted by Gasteiger charge is 2.13. The zero-order valence-electron chi connectivity index (χ0n) is 11.0. The van der Waals surface area contributed by atoms with Crippen LogP contribution in [0.3, 0.4) is 0 Å². The highest BCUT2D eigenvalue weighted by Crippen LogP contribution is 2.28. The molecule has 0 aromatic heterocycles. The molecule has 0 aromatic carbocycles. The van der Waals surface area contributed by atoms with Crippen molar-refractivity contribution in [2.45, 2.75) is 64.2 Å². The van der Waals surface area contributed by atoms with E-state index in [0.29, 0.717) is 6.42 Å². The Morgan fingerprint density at radius 3 is 2.59 bits per heavy atom. The third-order valence-corrected chi connectivity index (χ3v) is 3.69. The molecule has 3 heteroatoms. The molecule has 100 valence electrons. The highest BCUT2D eigenvalue weighted by molar-refractivity contribution is 5.75. The number of amides is 1. The summed E-state index contributed by atoms with van der Waals surface area (Å²) in [6.07, 6.45) is 11.9. The number of carbonyl (C=O) groups is 1. The van der Waals surface area contributed by atoms with Crippen LogP contribution in [-0.2, 0) is 4.79 Å². The Kier molecular flexibility index (Phi) is 8.06. The van der Waals surface area contributed by atoms with Crippen LogP contribution in [0, 0.1) is 5.92 Å². The molecule has 1 aliphatic carbocycles. The van der Waals surface area contributed by atoms with Gasteiger partial charge in [0.2, 0.25) is 5.91 Å². The maximum Gasteiger partial charge on any atom is 0.219 e. The van der Waals surface area contributed by atoms with E-state index in [0.717, 1.165) is 44.7 Å². The predicted molar refractivity (Wildman–Crippen MR) is 71.7 cm³/mol. The van der Waals surface area contributed by atoms with Crippen molar-refractivity contribution in [3.63, 3.8) is 0 Å². The van der Waals surface area contributed by atoms with E-state index in [1.165, 1.54) is 32.1 Å². The van der Waals surface area contributed by atoms with Crippen molar-refractivity contribution in [3.8, 4) is 0 Å². The van der Waals surface area contributed by atoms with Gasteiger partial charge in [-0.25, -0.2) is 0 Å². The van der Waals surface area contributed by atoms with E-state index < -0.39 is 0 Å². The average Bonchev–Trinajstić information content (AvgIpc) is 2.83. The van der Waals surface area contributed by atoms with Crippen LogP contribution >= 0.6 is 0 Å². The van der Waals surface area contributed by atoms with Gasteiger partial charge in [-0.3, -0.25) is 4.79 Å². The van der Waals surface area contributed by atoms with E-state index in [1.807, 2.05) is 0 Å². The highest BCUT2D eigenvalue weighted by atomic mass is 16.1. The summed E-state index contributed by atoms with van der Waals surface area (Å²) >= 11 is 0. The predicted octanol–water partition coefficient (Wildman–Crippen LogP) is 2.59. The quantitative estimate of drug-likeness (QED) is 0.609. The van der Waals surface area contributed by atoms with Gasteiger partial charge in [0.1, 0.15) is 0 Å². The molecule has 3 nitrogen and oxygen atoms in total. The first-order chi connectivity index (χ1) is 8.33. The van der Waals surface area contributed by atoms with Gasteiger partial charge in [-0.1, -0.05) is 32.1 Å². The Labute approximate surface area is 106 Å². The molecule has 0 bridgehead atoms. The molecule has 1 fully saturated rings. The molecule has 0 aliphatic heterocycles. The summed E-state index contributed by atoms with van der Waals surface area (Å²) < 4.78 is 0. The summed E-state index contributed by atoms with van der Waals surface area (Å²) in [5.41, 5.74) is 5.40. The Balaban J connectivity index is 1.85. The summed E-state index contributed by atoms with van der Waals surface area (Å²) in [6, 6.07) is 0. The maximum atomic E-state index is 11.5. The van der Waals surface area contributed by atoms with Gasteiger partial charge in [0.15, 0.2) is 0 Å². The van der Waals surface area contributed by atoms with Crippen molar-refractivity contribution in [2.75, 3.05) is 13.1 Å². The van der Waals surface area contributed by atoms with E-state index in [-0.39, 0.29) is 5.91 Å². The van der Waals surface area contributed by atoms with Gasteiger partial charge >= 0.3 is 0 Å². The van der Waals surface area contributed by atoms with Gasteiger partial charge in [-0.05, 0) is 38.1 Å². The summed E-state index contributed by atoms with van der Waals surface area (Å²) in [5.74, 6) is 1.16. The standard InChI is InChI=1S/C14H28N2O/c15-11-5-1-2-10-14(17)16-12-6-9-13-7-3-4-8-13/h13H,1-12,15H2,(H,16,17). The van der Waals surface area contributed by atoms with Crippen LogP contribution in [0.25, 0.3) is 0 Å². The van der Waals surface area contributed by atoms with Crippen LogP contribution in [0.15, 0.2) is 0 Å². The van der Waals surface area contributed by atoms with E-state index in [4.69, 9.17) is 5.73 Å². The van der Waals surface area contributed by atoms with Crippen molar-refractivity contribution in [2.24, 2.45) is 11.7 Å². The number of carbonyl (C=O) groups excluding carboxylic acids is 1. The van der Waals surface area contributed by atoms with E-state index in [9.17, 15) is 4.79 Å². The first kappa shape index (κ1) is 14.5. The van der Waals surface area contributed by atoms with Crippen LogP contribution in [0.4, 0.5) is 0 Å². The molecule has 0 spiro atoms. The number of unbranched alkanes of at least 4 members (excludes halogenated alkanes) is 2. The van der Waals surface area contributed by atoms with Crippen LogP contribution in [0.2, 0.25) is 0 Å². The second-order valence-corrected chi connectivity index (χ2v) is 5.24. The fourth-order valence-electron chi connectivity index (χ4n) is 2.61. The Hall–Kier alpha value is -0.570. The number of nitrogens with one attached hydrogen (secondary N) is 1. The van der Waals surface area contributed by atoms with E-state index in [1.54, 1.807) is 0 Å². The summed E-state index contributed by atoms with van der Waals surface area (Å²) in [5, 5.41) is 3.01. The first-order valence-electron chi connectivity index (χ1n) is 7.29. The largest absolute Gasteiger partial charge is 0.356 e. The first-order valence-corrected chi connectivity index (χ1v) is 7.29. The third-order valence-electron chi connectivity index (χ3n) is 3.69. The zero-order chi connectivity index (χ0) is 12.3. The minimum Gasteiger partial charge on any atom is -0.356 e. The Morgan fingerprint density at radius 2 is 1.88 bits per heavy atom. The lowest BCUT2D eigenvalue weighted by molar-refractivity contribution is -0.121.